The Morgan fingerprint density at radius 2 is 1.87 bits per heavy atom. The van der Waals surface area contributed by atoms with Crippen LogP contribution < -0.4 is 14.8 Å². The van der Waals surface area contributed by atoms with Gasteiger partial charge in [-0.25, -0.2) is 0 Å². The molecule has 2 aromatic carbocycles. The maximum Gasteiger partial charge on any atom is 0.263 e. The molecular formula is C23H29ClN2O4. The van der Waals surface area contributed by atoms with Crippen molar-refractivity contribution in [2.75, 3.05) is 39.5 Å². The van der Waals surface area contributed by atoms with Gasteiger partial charge in [0.15, 0.2) is 5.60 Å². The van der Waals surface area contributed by atoms with E-state index in [9.17, 15) is 4.79 Å². The minimum atomic E-state index is -1.01. The molecule has 2 aromatic rings. The Kier molecular flexibility index (Phi) is 7.96. The van der Waals surface area contributed by atoms with Gasteiger partial charge in [-0.15, -0.1) is 0 Å². The number of hydrogen-bond donors (Lipinski definition) is 1. The highest BCUT2D eigenvalue weighted by atomic mass is 35.5. The molecule has 3 rings (SSSR count). The average Bonchev–Trinajstić information content (AvgIpc) is 2.74. The minimum absolute atomic E-state index is 0.198. The quantitative estimate of drug-likeness (QED) is 0.657. The number of nitrogens with zero attached hydrogens (tertiary/aromatic N) is 1. The van der Waals surface area contributed by atoms with Gasteiger partial charge in [0, 0.05) is 31.2 Å². The first kappa shape index (κ1) is 22.4. The van der Waals surface area contributed by atoms with Crippen LogP contribution in [0.3, 0.4) is 0 Å². The summed E-state index contributed by atoms with van der Waals surface area (Å²) in [5.41, 5.74) is -0.0466. The molecular weight excluding hydrogens is 404 g/mol. The number of morpholine rings is 1. The summed E-state index contributed by atoms with van der Waals surface area (Å²) in [6.45, 7) is 8.84. The SMILES string of the molecule is CC(C)(Oc1ccc(Cl)cc1)C(=O)NCc1cccc(OCCN2CCOCC2)c1. The van der Waals surface area contributed by atoms with Gasteiger partial charge in [-0.05, 0) is 55.8 Å². The second-order valence-corrected chi connectivity index (χ2v) is 8.14. The van der Waals surface area contributed by atoms with E-state index in [0.717, 1.165) is 44.2 Å². The van der Waals surface area contributed by atoms with Crippen LogP contribution in [0.15, 0.2) is 48.5 Å². The van der Waals surface area contributed by atoms with Crippen molar-refractivity contribution in [3.8, 4) is 11.5 Å². The lowest BCUT2D eigenvalue weighted by molar-refractivity contribution is -0.134. The lowest BCUT2D eigenvalue weighted by atomic mass is 10.1. The Morgan fingerprint density at radius 1 is 1.13 bits per heavy atom. The Hall–Kier alpha value is -2.28. The van der Waals surface area contributed by atoms with Crippen LogP contribution in [0.1, 0.15) is 19.4 Å². The van der Waals surface area contributed by atoms with E-state index >= 15 is 0 Å². The summed E-state index contributed by atoms with van der Waals surface area (Å²) in [6.07, 6.45) is 0. The number of carbonyl (C=O) groups excluding carboxylic acids is 1. The molecule has 6 nitrogen and oxygen atoms in total. The fraction of sp³-hybridized carbons (Fsp3) is 0.435. The summed E-state index contributed by atoms with van der Waals surface area (Å²) in [5, 5.41) is 3.56. The van der Waals surface area contributed by atoms with Crippen LogP contribution in [-0.2, 0) is 16.1 Å². The monoisotopic (exact) mass is 432 g/mol. The van der Waals surface area contributed by atoms with Crippen molar-refractivity contribution >= 4 is 17.5 Å². The molecule has 1 aliphatic rings. The standard InChI is InChI=1S/C23H29ClN2O4/c1-23(2,30-20-8-6-19(24)7-9-20)22(27)25-17-18-4-3-5-21(16-18)29-15-12-26-10-13-28-14-11-26/h3-9,16H,10-15,17H2,1-2H3,(H,25,27). The molecule has 0 saturated carbocycles. The summed E-state index contributed by atoms with van der Waals surface area (Å²) < 4.78 is 17.1. The van der Waals surface area contributed by atoms with Crippen LogP contribution in [0.4, 0.5) is 0 Å². The van der Waals surface area contributed by atoms with Crippen LogP contribution in [0.5, 0.6) is 11.5 Å². The average molecular weight is 433 g/mol. The zero-order chi connectivity index (χ0) is 21.4. The summed E-state index contributed by atoms with van der Waals surface area (Å²) in [5.74, 6) is 1.19. The fourth-order valence-electron chi connectivity index (χ4n) is 3.10. The Bertz CT molecular complexity index is 820. The molecule has 0 aromatic heterocycles. The van der Waals surface area contributed by atoms with E-state index in [1.807, 2.05) is 24.3 Å². The first-order valence-corrected chi connectivity index (χ1v) is 10.5. The molecule has 0 unspecified atom stereocenters. The number of hydrogen-bond acceptors (Lipinski definition) is 5. The van der Waals surface area contributed by atoms with Crippen molar-refractivity contribution in [3.05, 3.63) is 59.1 Å². The van der Waals surface area contributed by atoms with Crippen molar-refractivity contribution in [3.63, 3.8) is 0 Å². The van der Waals surface area contributed by atoms with Crippen molar-refractivity contribution in [1.82, 2.24) is 10.2 Å². The van der Waals surface area contributed by atoms with Crippen molar-refractivity contribution in [2.45, 2.75) is 26.0 Å². The Labute approximate surface area is 183 Å². The van der Waals surface area contributed by atoms with Gasteiger partial charge in [-0.3, -0.25) is 9.69 Å². The minimum Gasteiger partial charge on any atom is -0.492 e. The van der Waals surface area contributed by atoms with Crippen LogP contribution in [0.2, 0.25) is 5.02 Å². The number of rotatable bonds is 9. The molecule has 162 valence electrons. The highest BCUT2D eigenvalue weighted by molar-refractivity contribution is 6.30. The fourth-order valence-corrected chi connectivity index (χ4v) is 3.23. The summed E-state index contributed by atoms with van der Waals surface area (Å²) in [6, 6.07) is 14.7. The van der Waals surface area contributed by atoms with Crippen LogP contribution in [0, 0.1) is 0 Å². The third-order valence-electron chi connectivity index (χ3n) is 4.86. The van der Waals surface area contributed by atoms with Crippen LogP contribution in [0.25, 0.3) is 0 Å². The molecule has 0 radical (unpaired) electrons. The van der Waals surface area contributed by atoms with E-state index in [0.29, 0.717) is 23.9 Å². The number of halogens is 1. The number of amides is 1. The van der Waals surface area contributed by atoms with E-state index in [1.54, 1.807) is 38.1 Å². The van der Waals surface area contributed by atoms with E-state index in [-0.39, 0.29) is 5.91 Å². The van der Waals surface area contributed by atoms with Gasteiger partial charge in [0.05, 0.1) is 13.2 Å². The van der Waals surface area contributed by atoms with E-state index in [4.69, 9.17) is 25.8 Å². The van der Waals surface area contributed by atoms with Crippen LogP contribution in [-0.4, -0.2) is 55.9 Å². The third kappa shape index (κ3) is 6.90. The van der Waals surface area contributed by atoms with Gasteiger partial charge >= 0.3 is 0 Å². The van der Waals surface area contributed by atoms with Gasteiger partial charge in [0.1, 0.15) is 18.1 Å². The maximum atomic E-state index is 12.6. The van der Waals surface area contributed by atoms with E-state index in [2.05, 4.69) is 10.2 Å². The van der Waals surface area contributed by atoms with Gasteiger partial charge < -0.3 is 19.5 Å². The molecule has 1 aliphatic heterocycles. The van der Waals surface area contributed by atoms with E-state index < -0.39 is 5.60 Å². The third-order valence-corrected chi connectivity index (χ3v) is 5.12. The number of nitrogens with one attached hydrogen (secondary N) is 1. The molecule has 1 heterocycles. The first-order valence-electron chi connectivity index (χ1n) is 10.2. The first-order chi connectivity index (χ1) is 14.4. The Morgan fingerprint density at radius 3 is 2.60 bits per heavy atom. The lowest BCUT2D eigenvalue weighted by Gasteiger charge is -2.26. The van der Waals surface area contributed by atoms with Gasteiger partial charge in [0.2, 0.25) is 0 Å². The molecule has 7 heteroatoms. The predicted octanol–water partition coefficient (Wildman–Crippen LogP) is 3.52. The second-order valence-electron chi connectivity index (χ2n) is 7.70. The number of ether oxygens (including phenoxy) is 3. The zero-order valence-electron chi connectivity index (χ0n) is 17.5. The summed E-state index contributed by atoms with van der Waals surface area (Å²) in [7, 11) is 0. The van der Waals surface area contributed by atoms with Gasteiger partial charge in [0.25, 0.3) is 5.91 Å². The highest BCUT2D eigenvalue weighted by Gasteiger charge is 2.29. The van der Waals surface area contributed by atoms with E-state index in [1.165, 1.54) is 0 Å². The molecule has 30 heavy (non-hydrogen) atoms. The summed E-state index contributed by atoms with van der Waals surface area (Å²) >= 11 is 5.89. The molecule has 0 atom stereocenters. The van der Waals surface area contributed by atoms with Crippen molar-refractivity contribution in [1.29, 1.82) is 0 Å². The molecule has 0 bridgehead atoms. The molecule has 1 saturated heterocycles. The molecule has 1 amide bonds. The number of carbonyl (C=O) groups is 1. The lowest BCUT2D eigenvalue weighted by Crippen LogP contribution is -2.46. The second kappa shape index (κ2) is 10.7. The van der Waals surface area contributed by atoms with Crippen molar-refractivity contribution < 1.29 is 19.0 Å². The maximum absolute atomic E-state index is 12.6. The largest absolute Gasteiger partial charge is 0.492 e. The summed E-state index contributed by atoms with van der Waals surface area (Å²) in [4.78, 5) is 15.0. The molecule has 0 aliphatic carbocycles. The zero-order valence-corrected chi connectivity index (χ0v) is 18.3. The topological polar surface area (TPSA) is 60.0 Å². The van der Waals surface area contributed by atoms with Gasteiger partial charge in [-0.2, -0.15) is 0 Å². The molecule has 0 spiro atoms. The highest BCUT2D eigenvalue weighted by Crippen LogP contribution is 2.21. The Balaban J connectivity index is 1.46. The van der Waals surface area contributed by atoms with Crippen molar-refractivity contribution in [2.24, 2.45) is 0 Å². The number of benzene rings is 2. The molecule has 1 fully saturated rings. The van der Waals surface area contributed by atoms with Gasteiger partial charge in [-0.1, -0.05) is 23.7 Å². The molecule has 1 N–H and O–H groups in total. The van der Waals surface area contributed by atoms with Crippen LogP contribution >= 0.6 is 11.6 Å². The predicted molar refractivity (Wildman–Crippen MR) is 117 cm³/mol. The normalized spacial score (nSPS) is 14.9. The smallest absolute Gasteiger partial charge is 0.263 e.